The lowest BCUT2D eigenvalue weighted by atomic mass is 9.32. The van der Waals surface area contributed by atoms with Crippen molar-refractivity contribution < 1.29 is 14.7 Å². The van der Waals surface area contributed by atoms with Crippen molar-refractivity contribution in [3.8, 4) is 0 Å². The third kappa shape index (κ3) is 3.45. The Hall–Kier alpha value is -1.32. The fourth-order valence-electron chi connectivity index (χ4n) is 12.1. The fourth-order valence-corrected chi connectivity index (χ4v) is 12.1. The summed E-state index contributed by atoms with van der Waals surface area (Å²) in [7, 11) is 0. The van der Waals surface area contributed by atoms with E-state index < -0.39 is 11.4 Å². The van der Waals surface area contributed by atoms with Crippen molar-refractivity contribution in [2.75, 3.05) is 0 Å². The van der Waals surface area contributed by atoms with Gasteiger partial charge in [0.2, 0.25) is 5.91 Å². The molecular formula is C33H53NO3. The molecule has 4 nitrogen and oxygen atoms in total. The van der Waals surface area contributed by atoms with E-state index >= 15 is 0 Å². The molecule has 3 unspecified atom stereocenters. The van der Waals surface area contributed by atoms with Crippen LogP contribution in [0.5, 0.6) is 0 Å². The Kier molecular flexibility index (Phi) is 6.33. The zero-order chi connectivity index (χ0) is 27.2. The summed E-state index contributed by atoms with van der Waals surface area (Å²) < 4.78 is 0. The number of carboxylic acid groups (broad SMARTS) is 1. The molecule has 10 atom stereocenters. The van der Waals surface area contributed by atoms with Gasteiger partial charge in [0.05, 0.1) is 5.41 Å². The number of nitrogens with one attached hydrogen (secondary N) is 1. The number of carboxylic acids is 1. The van der Waals surface area contributed by atoms with E-state index in [4.69, 9.17) is 0 Å². The standard InChI is InChI=1S/C33H53NO3/c1-9-26(35)34-25-14-15-30(6)23(29(25,4)5)13-16-32(8)24(30)11-10-22-27-21(20(2)3)12-17-33(27,28(36)37)19-18-31(22,32)7/h21-25,27H,2,9-19H2,1,3-8H3,(H,34,35)(H,36,37)/t21-,22+,23?,24?,25-,27?,30-,31+,32+,33-/m0/s1. The Bertz CT molecular complexity index is 986. The topological polar surface area (TPSA) is 66.4 Å². The number of hydrogen-bond donors (Lipinski definition) is 2. The van der Waals surface area contributed by atoms with E-state index in [9.17, 15) is 14.7 Å². The Morgan fingerprint density at radius 2 is 1.57 bits per heavy atom. The summed E-state index contributed by atoms with van der Waals surface area (Å²) in [5.74, 6) is 1.96. The van der Waals surface area contributed by atoms with Gasteiger partial charge in [0, 0.05) is 12.5 Å². The van der Waals surface area contributed by atoms with Crippen LogP contribution >= 0.6 is 0 Å². The molecule has 5 aliphatic rings. The lowest BCUT2D eigenvalue weighted by molar-refractivity contribution is -0.240. The Balaban J connectivity index is 1.50. The minimum absolute atomic E-state index is 0.0818. The molecule has 0 heterocycles. The van der Waals surface area contributed by atoms with Gasteiger partial charge < -0.3 is 10.4 Å². The monoisotopic (exact) mass is 511 g/mol. The van der Waals surface area contributed by atoms with Crippen molar-refractivity contribution in [2.24, 2.45) is 56.7 Å². The summed E-state index contributed by atoms with van der Waals surface area (Å²) in [6.07, 6.45) is 11.4. The van der Waals surface area contributed by atoms with E-state index in [1.807, 2.05) is 6.92 Å². The van der Waals surface area contributed by atoms with Crippen molar-refractivity contribution in [2.45, 2.75) is 125 Å². The Labute approximate surface area is 225 Å². The molecule has 0 aromatic rings. The molecular weight excluding hydrogens is 458 g/mol. The highest BCUT2D eigenvalue weighted by Crippen LogP contribution is 2.77. The average Bonchev–Trinajstić information content (AvgIpc) is 3.23. The minimum atomic E-state index is -0.546. The number of carbonyl (C=O) groups is 2. The molecule has 0 spiro atoms. The van der Waals surface area contributed by atoms with Crippen LogP contribution in [-0.4, -0.2) is 23.0 Å². The van der Waals surface area contributed by atoms with Gasteiger partial charge in [0.1, 0.15) is 0 Å². The highest BCUT2D eigenvalue weighted by Gasteiger charge is 2.72. The van der Waals surface area contributed by atoms with E-state index in [0.29, 0.717) is 30.1 Å². The van der Waals surface area contributed by atoms with Crippen LogP contribution in [-0.2, 0) is 9.59 Å². The predicted octanol–water partition coefficient (Wildman–Crippen LogP) is 7.62. The van der Waals surface area contributed by atoms with Crippen LogP contribution in [0.4, 0.5) is 0 Å². The molecule has 208 valence electrons. The van der Waals surface area contributed by atoms with E-state index in [2.05, 4.69) is 53.4 Å². The average molecular weight is 512 g/mol. The highest BCUT2D eigenvalue weighted by atomic mass is 16.4. The van der Waals surface area contributed by atoms with Crippen molar-refractivity contribution in [1.29, 1.82) is 0 Å². The van der Waals surface area contributed by atoms with Crippen LogP contribution in [0.25, 0.3) is 0 Å². The molecule has 0 saturated heterocycles. The van der Waals surface area contributed by atoms with Gasteiger partial charge in [-0.25, -0.2) is 0 Å². The quantitative estimate of drug-likeness (QED) is 0.381. The summed E-state index contributed by atoms with van der Waals surface area (Å²) in [5, 5.41) is 14.0. The summed E-state index contributed by atoms with van der Waals surface area (Å²) in [6.45, 7) is 21.1. The maximum absolute atomic E-state index is 12.8. The molecule has 0 bridgehead atoms. The van der Waals surface area contributed by atoms with Gasteiger partial charge in [-0.1, -0.05) is 53.7 Å². The first kappa shape index (κ1) is 27.3. The smallest absolute Gasteiger partial charge is 0.309 e. The summed E-state index contributed by atoms with van der Waals surface area (Å²) >= 11 is 0. The first-order valence-electron chi connectivity index (χ1n) is 15.4. The molecule has 5 fully saturated rings. The van der Waals surface area contributed by atoms with Crippen molar-refractivity contribution in [3.63, 3.8) is 0 Å². The van der Waals surface area contributed by atoms with E-state index in [1.165, 1.54) is 37.7 Å². The maximum atomic E-state index is 12.8. The zero-order valence-electron chi connectivity index (χ0n) is 24.7. The molecule has 0 radical (unpaired) electrons. The van der Waals surface area contributed by atoms with Crippen LogP contribution < -0.4 is 5.32 Å². The molecule has 0 aromatic heterocycles. The maximum Gasteiger partial charge on any atom is 0.309 e. The number of aliphatic carboxylic acids is 1. The van der Waals surface area contributed by atoms with E-state index in [0.717, 1.165) is 32.1 Å². The third-order valence-corrected chi connectivity index (χ3v) is 14.2. The van der Waals surface area contributed by atoms with Gasteiger partial charge >= 0.3 is 5.97 Å². The third-order valence-electron chi connectivity index (χ3n) is 14.2. The second kappa shape index (κ2) is 8.59. The van der Waals surface area contributed by atoms with Crippen molar-refractivity contribution >= 4 is 11.9 Å². The number of rotatable bonds is 4. The highest BCUT2D eigenvalue weighted by molar-refractivity contribution is 5.76. The predicted molar refractivity (Wildman–Crippen MR) is 149 cm³/mol. The molecule has 5 saturated carbocycles. The van der Waals surface area contributed by atoms with Gasteiger partial charge in [-0.2, -0.15) is 0 Å². The molecule has 5 rings (SSSR count). The van der Waals surface area contributed by atoms with Crippen LogP contribution in [0.1, 0.15) is 119 Å². The van der Waals surface area contributed by atoms with Crippen molar-refractivity contribution in [1.82, 2.24) is 5.32 Å². The van der Waals surface area contributed by atoms with E-state index in [-0.39, 0.29) is 39.5 Å². The van der Waals surface area contributed by atoms with Gasteiger partial charge in [0.25, 0.3) is 0 Å². The largest absolute Gasteiger partial charge is 0.481 e. The molecule has 0 aromatic carbocycles. The summed E-state index contributed by atoms with van der Waals surface area (Å²) in [6, 6.07) is 0.259. The summed E-state index contributed by atoms with van der Waals surface area (Å²) in [4.78, 5) is 25.2. The lowest BCUT2D eigenvalue weighted by Crippen LogP contribution is -2.68. The Morgan fingerprint density at radius 1 is 0.865 bits per heavy atom. The van der Waals surface area contributed by atoms with Crippen LogP contribution in [0.15, 0.2) is 12.2 Å². The number of amides is 1. The normalized spacial score (nSPS) is 50.1. The first-order valence-corrected chi connectivity index (χ1v) is 15.4. The number of allylic oxidation sites excluding steroid dienone is 1. The van der Waals surface area contributed by atoms with Crippen LogP contribution in [0.2, 0.25) is 0 Å². The van der Waals surface area contributed by atoms with Crippen LogP contribution in [0.3, 0.4) is 0 Å². The number of carbonyl (C=O) groups excluding carboxylic acids is 1. The second-order valence-corrected chi connectivity index (χ2v) is 15.5. The molecule has 2 N–H and O–H groups in total. The van der Waals surface area contributed by atoms with Gasteiger partial charge in [0.15, 0.2) is 0 Å². The SMILES string of the molecule is C=C(C)[C@@H]1CC[C@]2(C(=O)O)CC[C@]3(C)[C@H](CCC4[C@@]5(C)CC[C@H](NC(=O)CC)C(C)(C)C5CC[C@]43C)C12. The molecule has 37 heavy (non-hydrogen) atoms. The minimum Gasteiger partial charge on any atom is -0.481 e. The van der Waals surface area contributed by atoms with Crippen LogP contribution in [0, 0.1) is 56.7 Å². The van der Waals surface area contributed by atoms with Gasteiger partial charge in [-0.05, 0) is 122 Å². The fraction of sp³-hybridized carbons (Fsp3) is 0.879. The second-order valence-electron chi connectivity index (χ2n) is 15.5. The lowest BCUT2D eigenvalue weighted by Gasteiger charge is -2.73. The zero-order valence-corrected chi connectivity index (χ0v) is 24.7. The summed E-state index contributed by atoms with van der Waals surface area (Å²) in [5.41, 5.74) is 1.40. The number of fused-ring (bicyclic) bond motifs is 7. The molecule has 5 aliphatic carbocycles. The van der Waals surface area contributed by atoms with E-state index in [1.54, 1.807) is 0 Å². The molecule has 4 heteroatoms. The molecule has 0 aliphatic heterocycles. The van der Waals surface area contributed by atoms with Gasteiger partial charge in [-0.3, -0.25) is 9.59 Å². The van der Waals surface area contributed by atoms with Gasteiger partial charge in [-0.15, -0.1) is 0 Å². The Morgan fingerprint density at radius 3 is 2.19 bits per heavy atom. The number of hydrogen-bond acceptors (Lipinski definition) is 2. The van der Waals surface area contributed by atoms with Crippen molar-refractivity contribution in [3.05, 3.63) is 12.2 Å². The molecule has 1 amide bonds. The first-order chi connectivity index (χ1) is 17.2.